The SMILES string of the molecule is Oc1c(-c2nc3c(ccc4ccccc43)s2)ccc2ccccc12. The normalized spacial score (nSPS) is 11.5. The van der Waals surface area contributed by atoms with Gasteiger partial charge >= 0.3 is 0 Å². The Balaban J connectivity index is 1.80. The molecule has 24 heavy (non-hydrogen) atoms. The number of aromatic nitrogens is 1. The van der Waals surface area contributed by atoms with E-state index in [1.54, 1.807) is 11.3 Å². The number of rotatable bonds is 1. The van der Waals surface area contributed by atoms with Crippen molar-refractivity contribution >= 4 is 43.1 Å². The molecule has 0 fully saturated rings. The molecule has 1 aromatic heterocycles. The van der Waals surface area contributed by atoms with E-state index in [0.29, 0.717) is 5.75 Å². The summed E-state index contributed by atoms with van der Waals surface area (Å²) in [6, 6.07) is 24.4. The molecule has 0 saturated carbocycles. The second-order valence-electron chi connectivity index (χ2n) is 5.84. The van der Waals surface area contributed by atoms with Gasteiger partial charge in [0.05, 0.1) is 15.8 Å². The molecular formula is C21H13NOS. The van der Waals surface area contributed by atoms with Gasteiger partial charge in [-0.2, -0.15) is 0 Å². The van der Waals surface area contributed by atoms with Crippen LogP contribution in [0.15, 0.2) is 72.8 Å². The lowest BCUT2D eigenvalue weighted by atomic mass is 10.1. The van der Waals surface area contributed by atoms with E-state index in [1.807, 2.05) is 48.5 Å². The highest BCUT2D eigenvalue weighted by atomic mass is 32.1. The fourth-order valence-corrected chi connectivity index (χ4v) is 4.21. The van der Waals surface area contributed by atoms with Crippen LogP contribution in [-0.4, -0.2) is 10.1 Å². The van der Waals surface area contributed by atoms with E-state index in [2.05, 4.69) is 24.3 Å². The van der Waals surface area contributed by atoms with Gasteiger partial charge in [0, 0.05) is 10.8 Å². The van der Waals surface area contributed by atoms with Crippen LogP contribution in [0.3, 0.4) is 0 Å². The largest absolute Gasteiger partial charge is 0.507 e. The molecule has 0 radical (unpaired) electrons. The first kappa shape index (κ1) is 13.5. The average Bonchev–Trinajstić information content (AvgIpc) is 3.07. The standard InChI is InChI=1S/C21H13NOS/c23-20-16-8-4-2-6-14(16)9-11-17(20)21-22-19-15-7-3-1-5-13(15)10-12-18(19)24-21/h1-12,23H. The summed E-state index contributed by atoms with van der Waals surface area (Å²) < 4.78 is 1.14. The maximum absolute atomic E-state index is 10.7. The highest BCUT2D eigenvalue weighted by molar-refractivity contribution is 7.21. The topological polar surface area (TPSA) is 33.1 Å². The van der Waals surface area contributed by atoms with Gasteiger partial charge in [-0.15, -0.1) is 11.3 Å². The van der Waals surface area contributed by atoms with Crippen molar-refractivity contribution < 1.29 is 5.11 Å². The number of hydrogen-bond donors (Lipinski definition) is 1. The van der Waals surface area contributed by atoms with Crippen molar-refractivity contribution in [2.45, 2.75) is 0 Å². The Labute approximate surface area is 142 Å². The summed E-state index contributed by atoms with van der Waals surface area (Å²) in [5.41, 5.74) is 1.79. The summed E-state index contributed by atoms with van der Waals surface area (Å²) in [6.45, 7) is 0. The van der Waals surface area contributed by atoms with E-state index in [-0.39, 0.29) is 0 Å². The smallest absolute Gasteiger partial charge is 0.133 e. The monoisotopic (exact) mass is 327 g/mol. The third-order valence-electron chi connectivity index (χ3n) is 4.41. The van der Waals surface area contributed by atoms with E-state index in [0.717, 1.165) is 36.9 Å². The third-order valence-corrected chi connectivity index (χ3v) is 5.47. The van der Waals surface area contributed by atoms with Crippen LogP contribution >= 0.6 is 11.3 Å². The number of benzene rings is 4. The Bertz CT molecular complexity index is 1220. The summed E-state index contributed by atoms with van der Waals surface area (Å²) in [5.74, 6) is 0.302. The summed E-state index contributed by atoms with van der Waals surface area (Å²) in [4.78, 5) is 4.84. The van der Waals surface area contributed by atoms with Crippen molar-refractivity contribution in [3.05, 3.63) is 72.8 Å². The Morgan fingerprint density at radius 3 is 2.21 bits per heavy atom. The number of hydrogen-bond acceptors (Lipinski definition) is 3. The van der Waals surface area contributed by atoms with Gasteiger partial charge in [-0.3, -0.25) is 0 Å². The number of nitrogens with zero attached hydrogens (tertiary/aromatic N) is 1. The van der Waals surface area contributed by atoms with Crippen molar-refractivity contribution in [3.63, 3.8) is 0 Å². The van der Waals surface area contributed by atoms with Gasteiger partial charge < -0.3 is 5.11 Å². The van der Waals surface area contributed by atoms with Crippen LogP contribution in [0, 0.1) is 0 Å². The summed E-state index contributed by atoms with van der Waals surface area (Å²) in [5, 5.41) is 15.8. The molecule has 5 aromatic rings. The Morgan fingerprint density at radius 1 is 0.708 bits per heavy atom. The number of fused-ring (bicyclic) bond motifs is 4. The first-order chi connectivity index (χ1) is 11.8. The second-order valence-corrected chi connectivity index (χ2v) is 6.87. The molecule has 0 bridgehead atoms. The van der Waals surface area contributed by atoms with Gasteiger partial charge in [-0.25, -0.2) is 4.98 Å². The fourth-order valence-electron chi connectivity index (χ4n) is 3.20. The number of phenolic OH excluding ortho intramolecular Hbond substituents is 1. The second kappa shape index (κ2) is 5.05. The molecule has 0 aliphatic carbocycles. The molecule has 1 heterocycles. The Hall–Kier alpha value is -2.91. The summed E-state index contributed by atoms with van der Waals surface area (Å²) in [6.07, 6.45) is 0. The van der Waals surface area contributed by atoms with Gasteiger partial charge in [0.2, 0.25) is 0 Å². The highest BCUT2D eigenvalue weighted by Crippen LogP contribution is 2.40. The molecule has 5 rings (SSSR count). The van der Waals surface area contributed by atoms with Gasteiger partial charge in [0.1, 0.15) is 10.8 Å². The minimum atomic E-state index is 0.302. The van der Waals surface area contributed by atoms with E-state index >= 15 is 0 Å². The van der Waals surface area contributed by atoms with E-state index in [9.17, 15) is 5.11 Å². The molecule has 0 spiro atoms. The first-order valence-electron chi connectivity index (χ1n) is 7.81. The van der Waals surface area contributed by atoms with Gasteiger partial charge in [-0.05, 0) is 22.9 Å². The summed E-state index contributed by atoms with van der Waals surface area (Å²) >= 11 is 1.62. The fraction of sp³-hybridized carbons (Fsp3) is 0. The molecule has 0 saturated heterocycles. The van der Waals surface area contributed by atoms with Gasteiger partial charge in [-0.1, -0.05) is 60.7 Å². The lowest BCUT2D eigenvalue weighted by Gasteiger charge is -2.05. The molecule has 0 unspecified atom stereocenters. The highest BCUT2D eigenvalue weighted by Gasteiger charge is 2.14. The molecule has 0 atom stereocenters. The van der Waals surface area contributed by atoms with Crippen LogP contribution in [0.25, 0.3) is 42.3 Å². The van der Waals surface area contributed by atoms with Crippen LogP contribution < -0.4 is 0 Å². The Kier molecular flexibility index (Phi) is 2.84. The third kappa shape index (κ3) is 1.92. The minimum absolute atomic E-state index is 0.302. The van der Waals surface area contributed by atoms with Crippen molar-refractivity contribution in [2.75, 3.05) is 0 Å². The number of thiazole rings is 1. The minimum Gasteiger partial charge on any atom is -0.507 e. The molecule has 0 aliphatic heterocycles. The maximum atomic E-state index is 10.7. The number of aromatic hydroxyl groups is 1. The van der Waals surface area contributed by atoms with Crippen LogP contribution in [-0.2, 0) is 0 Å². The van der Waals surface area contributed by atoms with E-state index in [1.165, 1.54) is 5.39 Å². The number of phenols is 1. The van der Waals surface area contributed by atoms with E-state index < -0.39 is 0 Å². The lowest BCUT2D eigenvalue weighted by molar-refractivity contribution is 0.483. The average molecular weight is 327 g/mol. The zero-order valence-electron chi connectivity index (χ0n) is 12.7. The van der Waals surface area contributed by atoms with Crippen LogP contribution in [0.2, 0.25) is 0 Å². The predicted octanol–water partition coefficient (Wildman–Crippen LogP) is 5.98. The van der Waals surface area contributed by atoms with Crippen LogP contribution in [0.1, 0.15) is 0 Å². The molecule has 3 heteroatoms. The quantitative estimate of drug-likeness (QED) is 0.411. The van der Waals surface area contributed by atoms with Crippen molar-refractivity contribution in [2.24, 2.45) is 0 Å². The molecule has 0 amide bonds. The van der Waals surface area contributed by atoms with Gasteiger partial charge in [0.15, 0.2) is 0 Å². The summed E-state index contributed by atoms with van der Waals surface area (Å²) in [7, 11) is 0. The molecule has 1 N–H and O–H groups in total. The molecule has 0 aliphatic rings. The molecule has 4 aromatic carbocycles. The Morgan fingerprint density at radius 2 is 1.38 bits per heavy atom. The zero-order valence-corrected chi connectivity index (χ0v) is 13.5. The lowest BCUT2D eigenvalue weighted by Crippen LogP contribution is -1.81. The zero-order chi connectivity index (χ0) is 16.1. The predicted molar refractivity (Wildman–Crippen MR) is 102 cm³/mol. The van der Waals surface area contributed by atoms with Crippen molar-refractivity contribution in [1.29, 1.82) is 0 Å². The van der Waals surface area contributed by atoms with E-state index in [4.69, 9.17) is 4.98 Å². The van der Waals surface area contributed by atoms with Crippen molar-refractivity contribution in [1.82, 2.24) is 4.98 Å². The van der Waals surface area contributed by atoms with Crippen LogP contribution in [0.4, 0.5) is 0 Å². The maximum Gasteiger partial charge on any atom is 0.133 e. The molecule has 2 nitrogen and oxygen atoms in total. The molecule has 114 valence electrons. The first-order valence-corrected chi connectivity index (χ1v) is 8.62. The van der Waals surface area contributed by atoms with Crippen LogP contribution in [0.5, 0.6) is 5.75 Å². The molecular weight excluding hydrogens is 314 g/mol. The van der Waals surface area contributed by atoms with Crippen molar-refractivity contribution in [3.8, 4) is 16.3 Å². The van der Waals surface area contributed by atoms with Gasteiger partial charge in [0.25, 0.3) is 0 Å².